The fraction of sp³-hybridized carbons (Fsp3) is 0.500. The minimum Gasteiger partial charge on any atom is -0.444 e. The van der Waals surface area contributed by atoms with Crippen LogP contribution in [-0.4, -0.2) is 30.7 Å². The van der Waals surface area contributed by atoms with E-state index in [0.717, 1.165) is 10.9 Å². The Bertz CT molecular complexity index is 495. The molecule has 2 N–H and O–H groups in total. The molecular formula is C16H23BrN2O3. The Morgan fingerprint density at radius 2 is 1.68 bits per heavy atom. The Morgan fingerprint density at radius 1 is 1.09 bits per heavy atom. The minimum atomic E-state index is -0.500. The van der Waals surface area contributed by atoms with Crippen molar-refractivity contribution in [2.45, 2.75) is 38.1 Å². The van der Waals surface area contributed by atoms with Crippen molar-refractivity contribution < 1.29 is 14.3 Å². The number of hydrogen-bond acceptors (Lipinski definition) is 3. The summed E-state index contributed by atoms with van der Waals surface area (Å²) in [5, 5.41) is 6.23. The number of alkyl carbamates (subject to hydrolysis) is 1. The largest absolute Gasteiger partial charge is 0.444 e. The molecule has 22 heavy (non-hydrogen) atoms. The highest BCUT2D eigenvalue weighted by atomic mass is 79.9. The van der Waals surface area contributed by atoms with Gasteiger partial charge in [0.05, 0.1) is 0 Å². The van der Waals surface area contributed by atoms with Crippen molar-refractivity contribution in [3.8, 4) is 0 Å². The van der Waals surface area contributed by atoms with Crippen LogP contribution in [0.1, 0.15) is 43.1 Å². The maximum Gasteiger partial charge on any atom is 0.407 e. The lowest BCUT2D eigenvalue weighted by Crippen LogP contribution is -2.34. The smallest absolute Gasteiger partial charge is 0.407 e. The van der Waals surface area contributed by atoms with E-state index in [1.807, 2.05) is 32.9 Å². The highest BCUT2D eigenvalue weighted by molar-refractivity contribution is 9.08. The number of amides is 2. The fourth-order valence-corrected chi connectivity index (χ4v) is 2.02. The molecule has 0 fully saturated rings. The standard InChI is InChI=1S/C16H23BrN2O3/c1-16(2,3)22-15(21)19-10-4-9-18-14(20)13-7-5-12(11-17)6-8-13/h5-8H,4,9-11H2,1-3H3,(H,18,20)(H,19,21). The van der Waals surface area contributed by atoms with Crippen LogP contribution in [0.4, 0.5) is 4.79 Å². The number of nitrogens with one attached hydrogen (secondary N) is 2. The van der Waals surface area contributed by atoms with Gasteiger partial charge in [-0.3, -0.25) is 4.79 Å². The van der Waals surface area contributed by atoms with Crippen LogP contribution in [0.3, 0.4) is 0 Å². The van der Waals surface area contributed by atoms with Crippen molar-refractivity contribution in [3.63, 3.8) is 0 Å². The summed E-state index contributed by atoms with van der Waals surface area (Å²) in [4.78, 5) is 23.3. The Hall–Kier alpha value is -1.56. The summed E-state index contributed by atoms with van der Waals surface area (Å²) in [6.07, 6.45) is 0.203. The number of ether oxygens (including phenoxy) is 1. The van der Waals surface area contributed by atoms with Crippen molar-refractivity contribution in [1.82, 2.24) is 10.6 Å². The summed E-state index contributed by atoms with van der Waals surface area (Å²) in [6.45, 7) is 6.39. The van der Waals surface area contributed by atoms with Gasteiger partial charge in [0.15, 0.2) is 0 Å². The summed E-state index contributed by atoms with van der Waals surface area (Å²) in [6, 6.07) is 7.41. The molecule has 0 aliphatic carbocycles. The van der Waals surface area contributed by atoms with Gasteiger partial charge in [0.2, 0.25) is 0 Å². The van der Waals surface area contributed by atoms with Gasteiger partial charge in [0, 0.05) is 24.0 Å². The number of benzene rings is 1. The fourth-order valence-electron chi connectivity index (χ4n) is 1.64. The Labute approximate surface area is 139 Å². The topological polar surface area (TPSA) is 67.4 Å². The van der Waals surface area contributed by atoms with E-state index in [4.69, 9.17) is 4.74 Å². The number of alkyl halides is 1. The van der Waals surface area contributed by atoms with Crippen LogP contribution in [-0.2, 0) is 10.1 Å². The maximum atomic E-state index is 11.9. The number of rotatable bonds is 6. The van der Waals surface area contributed by atoms with E-state index in [1.165, 1.54) is 0 Å². The number of hydrogen-bond donors (Lipinski definition) is 2. The average Bonchev–Trinajstić information content (AvgIpc) is 2.45. The molecule has 6 heteroatoms. The van der Waals surface area contributed by atoms with E-state index in [-0.39, 0.29) is 5.91 Å². The molecule has 0 aliphatic rings. The van der Waals surface area contributed by atoms with Gasteiger partial charge < -0.3 is 15.4 Å². The normalized spacial score (nSPS) is 10.9. The maximum absolute atomic E-state index is 11.9. The van der Waals surface area contributed by atoms with Crippen LogP contribution < -0.4 is 10.6 Å². The number of carbonyl (C=O) groups excluding carboxylic acids is 2. The van der Waals surface area contributed by atoms with Crippen LogP contribution in [0.5, 0.6) is 0 Å². The van der Waals surface area contributed by atoms with Crippen molar-refractivity contribution in [2.75, 3.05) is 13.1 Å². The third-order valence-electron chi connectivity index (χ3n) is 2.68. The summed E-state index contributed by atoms with van der Waals surface area (Å²) in [5.41, 5.74) is 1.25. The quantitative estimate of drug-likeness (QED) is 0.596. The van der Waals surface area contributed by atoms with Crippen molar-refractivity contribution >= 4 is 27.9 Å². The summed E-state index contributed by atoms with van der Waals surface area (Å²) >= 11 is 3.36. The Balaban J connectivity index is 2.21. The van der Waals surface area contributed by atoms with Crippen LogP contribution in [0.25, 0.3) is 0 Å². The minimum absolute atomic E-state index is 0.113. The van der Waals surface area contributed by atoms with E-state index >= 15 is 0 Å². The van der Waals surface area contributed by atoms with Crippen molar-refractivity contribution in [3.05, 3.63) is 35.4 Å². The van der Waals surface area contributed by atoms with Gasteiger partial charge >= 0.3 is 6.09 Å². The summed E-state index contributed by atoms with van der Waals surface area (Å²) < 4.78 is 5.12. The van der Waals surface area contributed by atoms with Gasteiger partial charge in [-0.05, 0) is 44.9 Å². The van der Waals surface area contributed by atoms with Crippen molar-refractivity contribution in [2.24, 2.45) is 0 Å². The summed E-state index contributed by atoms with van der Waals surface area (Å²) in [5.74, 6) is -0.113. The zero-order valence-electron chi connectivity index (χ0n) is 13.2. The molecule has 0 atom stereocenters. The molecule has 0 aromatic heterocycles. The average molecular weight is 371 g/mol. The van der Waals surface area contributed by atoms with Crippen LogP contribution >= 0.6 is 15.9 Å². The molecule has 0 saturated heterocycles. The molecule has 5 nitrogen and oxygen atoms in total. The summed E-state index contributed by atoms with van der Waals surface area (Å²) in [7, 11) is 0. The van der Waals surface area contributed by atoms with Gasteiger partial charge in [-0.25, -0.2) is 4.79 Å². The molecule has 1 rings (SSSR count). The Morgan fingerprint density at radius 3 is 2.23 bits per heavy atom. The lowest BCUT2D eigenvalue weighted by Gasteiger charge is -2.19. The molecular weight excluding hydrogens is 348 g/mol. The first-order chi connectivity index (χ1) is 10.3. The zero-order valence-corrected chi connectivity index (χ0v) is 14.8. The second kappa shape index (κ2) is 8.78. The van der Waals surface area contributed by atoms with Crippen molar-refractivity contribution in [1.29, 1.82) is 0 Å². The van der Waals surface area contributed by atoms with E-state index < -0.39 is 11.7 Å². The van der Waals surface area contributed by atoms with Gasteiger partial charge in [-0.2, -0.15) is 0 Å². The predicted molar refractivity (Wildman–Crippen MR) is 90.3 cm³/mol. The van der Waals surface area contributed by atoms with E-state index in [2.05, 4.69) is 26.6 Å². The first kappa shape index (κ1) is 18.5. The molecule has 122 valence electrons. The highest BCUT2D eigenvalue weighted by Crippen LogP contribution is 2.08. The lowest BCUT2D eigenvalue weighted by atomic mass is 10.1. The first-order valence-electron chi connectivity index (χ1n) is 7.22. The second-order valence-electron chi connectivity index (χ2n) is 5.87. The van der Waals surface area contributed by atoms with Gasteiger partial charge in [0.25, 0.3) is 5.91 Å². The third kappa shape index (κ3) is 7.45. The molecule has 0 saturated carbocycles. The predicted octanol–water partition coefficient (Wildman–Crippen LogP) is 3.23. The van der Waals surface area contributed by atoms with Crippen LogP contribution in [0.15, 0.2) is 24.3 Å². The molecule has 0 unspecified atom stereocenters. The Kier molecular flexibility index (Phi) is 7.38. The number of carbonyl (C=O) groups is 2. The molecule has 0 radical (unpaired) electrons. The van der Waals surface area contributed by atoms with Crippen LogP contribution in [0, 0.1) is 0 Å². The van der Waals surface area contributed by atoms with Gasteiger partial charge in [0.1, 0.15) is 5.60 Å². The van der Waals surface area contributed by atoms with E-state index in [9.17, 15) is 9.59 Å². The molecule has 1 aromatic rings. The number of halogens is 1. The molecule has 0 spiro atoms. The highest BCUT2D eigenvalue weighted by Gasteiger charge is 2.15. The molecule has 2 amide bonds. The second-order valence-corrected chi connectivity index (χ2v) is 6.43. The molecule has 0 aliphatic heterocycles. The monoisotopic (exact) mass is 370 g/mol. The van der Waals surface area contributed by atoms with Gasteiger partial charge in [-0.1, -0.05) is 28.1 Å². The third-order valence-corrected chi connectivity index (χ3v) is 3.33. The van der Waals surface area contributed by atoms with Gasteiger partial charge in [-0.15, -0.1) is 0 Å². The molecule has 0 bridgehead atoms. The zero-order chi connectivity index (χ0) is 16.6. The SMILES string of the molecule is CC(C)(C)OC(=O)NCCCNC(=O)c1ccc(CBr)cc1. The lowest BCUT2D eigenvalue weighted by molar-refractivity contribution is 0.0527. The first-order valence-corrected chi connectivity index (χ1v) is 8.34. The molecule has 0 heterocycles. The molecule has 1 aromatic carbocycles. The van der Waals surface area contributed by atoms with E-state index in [1.54, 1.807) is 12.1 Å². The van der Waals surface area contributed by atoms with E-state index in [0.29, 0.717) is 25.1 Å². The van der Waals surface area contributed by atoms with Crippen LogP contribution in [0.2, 0.25) is 0 Å².